The SMILES string of the molecule is COC1(COc2ccc(Cl)c(Cl)c2)CCN(Cc2cccc(OCCN3CCCC3)c2)CC1. The van der Waals surface area contributed by atoms with Crippen LogP contribution in [0.4, 0.5) is 0 Å². The van der Waals surface area contributed by atoms with Gasteiger partial charge in [0.05, 0.1) is 10.0 Å². The molecule has 2 saturated heterocycles. The number of hydrogen-bond donors (Lipinski definition) is 0. The van der Waals surface area contributed by atoms with Crippen LogP contribution in [0.5, 0.6) is 11.5 Å². The van der Waals surface area contributed by atoms with E-state index in [-0.39, 0.29) is 5.60 Å². The fourth-order valence-corrected chi connectivity index (χ4v) is 4.89. The number of likely N-dealkylation sites (tertiary alicyclic amines) is 2. The van der Waals surface area contributed by atoms with Gasteiger partial charge in [0.25, 0.3) is 0 Å². The van der Waals surface area contributed by atoms with Crippen LogP contribution in [-0.2, 0) is 11.3 Å². The molecular formula is C26H34Cl2N2O3. The number of benzene rings is 2. The molecule has 33 heavy (non-hydrogen) atoms. The molecule has 0 amide bonds. The summed E-state index contributed by atoms with van der Waals surface area (Å²) in [4.78, 5) is 4.95. The van der Waals surface area contributed by atoms with Gasteiger partial charge in [0, 0.05) is 39.4 Å². The van der Waals surface area contributed by atoms with Crippen molar-refractivity contribution in [1.29, 1.82) is 0 Å². The van der Waals surface area contributed by atoms with Crippen molar-refractivity contribution in [3.05, 3.63) is 58.1 Å². The van der Waals surface area contributed by atoms with Gasteiger partial charge in [-0.25, -0.2) is 0 Å². The molecule has 0 bridgehead atoms. The quantitative estimate of drug-likeness (QED) is 0.435. The fraction of sp³-hybridized carbons (Fsp3) is 0.538. The minimum Gasteiger partial charge on any atom is -0.492 e. The number of piperidine rings is 1. The van der Waals surface area contributed by atoms with Gasteiger partial charge < -0.3 is 14.2 Å². The van der Waals surface area contributed by atoms with Crippen molar-refractivity contribution in [3.63, 3.8) is 0 Å². The molecule has 0 aromatic heterocycles. The number of methoxy groups -OCH3 is 1. The first kappa shape index (κ1) is 24.6. The average Bonchev–Trinajstić information content (AvgIpc) is 3.35. The Hall–Kier alpha value is -1.50. The minimum atomic E-state index is -0.289. The van der Waals surface area contributed by atoms with Crippen molar-refractivity contribution in [2.24, 2.45) is 0 Å². The first-order valence-corrected chi connectivity index (χ1v) is 12.6. The van der Waals surface area contributed by atoms with Gasteiger partial charge in [0.2, 0.25) is 0 Å². The Bertz CT molecular complexity index is 897. The van der Waals surface area contributed by atoms with E-state index in [4.69, 9.17) is 37.4 Å². The Morgan fingerprint density at radius 2 is 1.61 bits per heavy atom. The summed E-state index contributed by atoms with van der Waals surface area (Å²) in [6.07, 6.45) is 4.46. The highest BCUT2D eigenvalue weighted by atomic mass is 35.5. The molecule has 2 fully saturated rings. The molecule has 0 atom stereocenters. The lowest BCUT2D eigenvalue weighted by Gasteiger charge is -2.40. The standard InChI is InChI=1S/C26H34Cl2N2O3/c1-31-26(20-33-23-7-8-24(27)25(28)18-23)9-13-30(14-10-26)19-21-5-4-6-22(17-21)32-16-15-29-11-2-3-12-29/h4-8,17-18H,2-3,9-16,19-20H2,1H3. The van der Waals surface area contributed by atoms with Crippen molar-refractivity contribution in [3.8, 4) is 11.5 Å². The molecule has 2 aromatic carbocycles. The van der Waals surface area contributed by atoms with Crippen molar-refractivity contribution < 1.29 is 14.2 Å². The van der Waals surface area contributed by atoms with E-state index < -0.39 is 0 Å². The fourth-order valence-electron chi connectivity index (χ4n) is 4.60. The molecule has 0 spiro atoms. The summed E-state index contributed by atoms with van der Waals surface area (Å²) in [6.45, 7) is 7.51. The van der Waals surface area contributed by atoms with Crippen LogP contribution < -0.4 is 9.47 Å². The Balaban J connectivity index is 1.24. The number of rotatable bonds is 10. The van der Waals surface area contributed by atoms with Crippen molar-refractivity contribution in [1.82, 2.24) is 9.80 Å². The second kappa shape index (κ2) is 11.8. The Morgan fingerprint density at radius 1 is 0.848 bits per heavy atom. The molecule has 7 heteroatoms. The predicted molar refractivity (Wildman–Crippen MR) is 134 cm³/mol. The first-order valence-electron chi connectivity index (χ1n) is 11.8. The lowest BCUT2D eigenvalue weighted by Crippen LogP contribution is -2.48. The number of halogens is 2. The molecule has 4 rings (SSSR count). The maximum absolute atomic E-state index is 6.11. The van der Waals surface area contributed by atoms with E-state index in [2.05, 4.69) is 34.1 Å². The van der Waals surface area contributed by atoms with Gasteiger partial charge in [-0.2, -0.15) is 0 Å². The lowest BCUT2D eigenvalue weighted by molar-refractivity contribution is -0.0839. The molecule has 0 radical (unpaired) electrons. The Labute approximate surface area is 207 Å². The van der Waals surface area contributed by atoms with Crippen molar-refractivity contribution >= 4 is 23.2 Å². The van der Waals surface area contributed by atoms with Gasteiger partial charge in [-0.05, 0) is 68.6 Å². The summed E-state index contributed by atoms with van der Waals surface area (Å²) in [7, 11) is 1.77. The van der Waals surface area contributed by atoms with Crippen molar-refractivity contribution in [2.75, 3.05) is 53.0 Å². The maximum Gasteiger partial charge on any atom is 0.121 e. The van der Waals surface area contributed by atoms with Crippen LogP contribution in [0.3, 0.4) is 0 Å². The smallest absolute Gasteiger partial charge is 0.121 e. The summed E-state index contributed by atoms with van der Waals surface area (Å²) in [6, 6.07) is 13.9. The van der Waals surface area contributed by atoms with Crippen LogP contribution in [0, 0.1) is 0 Å². The topological polar surface area (TPSA) is 34.2 Å². The average molecular weight is 493 g/mol. The monoisotopic (exact) mass is 492 g/mol. The molecule has 2 aromatic rings. The van der Waals surface area contributed by atoms with Crippen LogP contribution in [0.15, 0.2) is 42.5 Å². The van der Waals surface area contributed by atoms with E-state index in [1.807, 2.05) is 6.07 Å². The Morgan fingerprint density at radius 3 is 2.33 bits per heavy atom. The number of ether oxygens (including phenoxy) is 3. The summed E-state index contributed by atoms with van der Waals surface area (Å²) >= 11 is 12.1. The van der Waals surface area contributed by atoms with E-state index in [9.17, 15) is 0 Å². The molecule has 2 heterocycles. The molecular weight excluding hydrogens is 459 g/mol. The third kappa shape index (κ3) is 7.00. The van der Waals surface area contributed by atoms with Gasteiger partial charge in [0.15, 0.2) is 0 Å². The molecule has 2 aliphatic heterocycles. The van der Waals surface area contributed by atoms with Gasteiger partial charge in [-0.3, -0.25) is 9.80 Å². The summed E-state index contributed by atoms with van der Waals surface area (Å²) in [5.41, 5.74) is 0.994. The zero-order chi connectivity index (χ0) is 23.1. The Kier molecular flexibility index (Phi) is 8.78. The van der Waals surface area contributed by atoms with Crippen molar-refractivity contribution in [2.45, 2.75) is 37.8 Å². The van der Waals surface area contributed by atoms with E-state index in [0.29, 0.717) is 22.4 Å². The largest absolute Gasteiger partial charge is 0.492 e. The van der Waals surface area contributed by atoms with E-state index in [0.717, 1.165) is 51.4 Å². The lowest BCUT2D eigenvalue weighted by atomic mass is 9.91. The molecule has 2 aliphatic rings. The number of nitrogens with zero attached hydrogens (tertiary/aromatic N) is 2. The van der Waals surface area contributed by atoms with Gasteiger partial charge in [0.1, 0.15) is 30.3 Å². The van der Waals surface area contributed by atoms with Crippen LogP contribution >= 0.6 is 23.2 Å². The van der Waals surface area contributed by atoms with Gasteiger partial charge in [-0.1, -0.05) is 35.3 Å². The van der Waals surface area contributed by atoms with Gasteiger partial charge in [-0.15, -0.1) is 0 Å². The zero-order valence-corrected chi connectivity index (χ0v) is 20.9. The highest BCUT2D eigenvalue weighted by molar-refractivity contribution is 6.42. The summed E-state index contributed by atoms with van der Waals surface area (Å²) in [5.74, 6) is 1.68. The molecule has 180 valence electrons. The van der Waals surface area contributed by atoms with Crippen LogP contribution in [-0.4, -0.2) is 68.4 Å². The van der Waals surface area contributed by atoms with Crippen LogP contribution in [0.25, 0.3) is 0 Å². The van der Waals surface area contributed by atoms with E-state index in [1.54, 1.807) is 19.2 Å². The normalized spacial score (nSPS) is 19.0. The summed E-state index contributed by atoms with van der Waals surface area (Å²) < 4.78 is 18.0. The van der Waals surface area contributed by atoms with Gasteiger partial charge >= 0.3 is 0 Å². The molecule has 0 N–H and O–H groups in total. The van der Waals surface area contributed by atoms with Crippen LogP contribution in [0.1, 0.15) is 31.2 Å². The molecule has 5 nitrogen and oxygen atoms in total. The van der Waals surface area contributed by atoms with Crippen LogP contribution in [0.2, 0.25) is 10.0 Å². The molecule has 0 aliphatic carbocycles. The maximum atomic E-state index is 6.11. The minimum absolute atomic E-state index is 0.289. The molecule has 0 saturated carbocycles. The second-order valence-electron chi connectivity index (χ2n) is 9.07. The van der Waals surface area contributed by atoms with E-state index >= 15 is 0 Å². The third-order valence-corrected chi connectivity index (χ3v) is 7.51. The molecule has 0 unspecified atom stereocenters. The predicted octanol–water partition coefficient (Wildman–Crippen LogP) is 5.53. The second-order valence-corrected chi connectivity index (χ2v) is 9.89. The summed E-state index contributed by atoms with van der Waals surface area (Å²) in [5, 5.41) is 1.03. The highest BCUT2D eigenvalue weighted by Gasteiger charge is 2.35. The first-order chi connectivity index (χ1) is 16.0. The van der Waals surface area contributed by atoms with E-state index in [1.165, 1.54) is 31.5 Å². The third-order valence-electron chi connectivity index (χ3n) is 6.77. The highest BCUT2D eigenvalue weighted by Crippen LogP contribution is 2.30. The number of hydrogen-bond acceptors (Lipinski definition) is 5. The zero-order valence-electron chi connectivity index (χ0n) is 19.4.